The van der Waals surface area contributed by atoms with Gasteiger partial charge in [-0.2, -0.15) is 0 Å². The maximum absolute atomic E-state index is 16.5. The summed E-state index contributed by atoms with van der Waals surface area (Å²) in [6, 6.07) is 76.7. The van der Waals surface area contributed by atoms with E-state index >= 15 is 4.57 Å². The number of unbranched alkanes of at least 4 members (excludes halogenated alkanes) is 28. The van der Waals surface area contributed by atoms with Crippen LogP contribution in [-0.2, 0) is 147 Å². The van der Waals surface area contributed by atoms with Crippen LogP contribution in [0.1, 0.15) is 264 Å². The van der Waals surface area contributed by atoms with Crippen molar-refractivity contribution in [3.8, 4) is 0 Å². The van der Waals surface area contributed by atoms with Crippen molar-refractivity contribution in [3.63, 3.8) is 0 Å². The summed E-state index contributed by atoms with van der Waals surface area (Å²) in [5.41, 5.74) is 6.53. The lowest BCUT2D eigenvalue weighted by molar-refractivity contribution is -0.374. The molecule has 1 aliphatic carbocycles. The normalized spacial score (nSPS) is 22.8. The first-order valence-electron chi connectivity index (χ1n) is 51.5. The van der Waals surface area contributed by atoms with Gasteiger partial charge >= 0.3 is 19.8 Å². The van der Waals surface area contributed by atoms with Gasteiger partial charge in [0.1, 0.15) is 92.1 Å². The highest BCUT2D eigenvalue weighted by Crippen LogP contribution is 2.53. The molecule has 18 atom stereocenters. The number of ether oxygens (including phenoxy) is 14. The minimum Gasteiger partial charge on any atom is -0.462 e. The Morgan fingerprint density at radius 2 is 0.565 bits per heavy atom. The summed E-state index contributed by atoms with van der Waals surface area (Å²) in [7, 11) is -4.22. The fraction of sp³-hybridized carbons (Fsp3) is 0.561. The Balaban J connectivity index is 0.944. The summed E-state index contributed by atoms with van der Waals surface area (Å²) < 4.78 is 133. The van der Waals surface area contributed by atoms with E-state index in [1.165, 1.54) is 128 Å². The second-order valence-corrected chi connectivity index (χ2v) is 38.7. The number of carbonyl (C=O) groups excluding carboxylic acids is 2. The lowest BCUT2D eigenvalue weighted by Gasteiger charge is -2.51. The molecule has 0 aromatic heterocycles. The fourth-order valence-corrected chi connectivity index (χ4v) is 19.1. The largest absolute Gasteiger partial charge is 0.475 e. The van der Waals surface area contributed by atoms with Crippen LogP contribution in [0.4, 0.5) is 0 Å². The van der Waals surface area contributed by atoms with Crippen molar-refractivity contribution in [2.24, 2.45) is 0 Å². The molecule has 0 spiro atoms. The van der Waals surface area contributed by atoms with E-state index in [-0.39, 0.29) is 78.9 Å². The van der Waals surface area contributed by atoms with Crippen LogP contribution in [-0.4, -0.2) is 165 Å². The molecule has 0 bridgehead atoms. The first-order chi connectivity index (χ1) is 67.8. The van der Waals surface area contributed by atoms with Gasteiger partial charge in [0.25, 0.3) is 0 Å². The van der Waals surface area contributed by atoms with Crippen molar-refractivity contribution in [3.05, 3.63) is 287 Å². The molecule has 0 radical (unpaired) electrons. The third-order valence-corrected chi connectivity index (χ3v) is 27.3. The van der Waals surface area contributed by atoms with Crippen LogP contribution in [0, 0.1) is 0 Å². The molecule has 23 nitrogen and oxygen atoms in total. The minimum absolute atomic E-state index is 0.0229. The Labute approximate surface area is 821 Å². The summed E-state index contributed by atoms with van der Waals surface area (Å²) in [5.74, 6) is -1.12. The summed E-state index contributed by atoms with van der Waals surface area (Å²) in [4.78, 5) is 28.2. The SMILES string of the molecule is CCCCCCCCCCCCCCCCCC(=O)OC[C@H](CO[P@](=O)(OC)OC1[C@H](O[C@H]2O[C@H](COCc3ccccc3)[C@@H](OCc3ccccc3)[C@H](OCc3ccccc3)[C@@H]2OCc2ccccc2)[C@H](O)C(O)[C@H](O)[C@H]1O[C@H]1O[C@H](COCc2ccccc2)[C@@H](OCc2ccccc2)[C@H](OCc2ccccc2)[C@@H]1OCc1ccccc1)OC(=O)CCCCCCCCCCCCCCCCC. The number of aliphatic hydroxyl groups is 3. The Morgan fingerprint density at radius 1 is 0.304 bits per heavy atom. The van der Waals surface area contributed by atoms with E-state index in [0.717, 1.165) is 103 Å². The van der Waals surface area contributed by atoms with Crippen LogP contribution in [0.2, 0.25) is 0 Å². The summed E-state index contributed by atoms with van der Waals surface area (Å²) in [6.45, 7) is 3.37. The van der Waals surface area contributed by atoms with Crippen LogP contribution >= 0.6 is 7.82 Å². The predicted molar refractivity (Wildman–Crippen MR) is 533 cm³/mol. The van der Waals surface area contributed by atoms with Gasteiger partial charge in [0.05, 0.1) is 72.7 Å². The van der Waals surface area contributed by atoms with Gasteiger partial charge < -0.3 is 81.6 Å². The fourth-order valence-electron chi connectivity index (χ4n) is 18.0. The Hall–Kier alpha value is -7.79. The molecule has 138 heavy (non-hydrogen) atoms. The molecule has 8 aromatic carbocycles. The van der Waals surface area contributed by atoms with E-state index in [0.29, 0.717) is 12.8 Å². The summed E-state index contributed by atoms with van der Waals surface area (Å²) in [5, 5.41) is 39.6. The number of rotatable bonds is 71. The van der Waals surface area contributed by atoms with Gasteiger partial charge in [-0.1, -0.05) is 436 Å². The number of hydrogen-bond acceptors (Lipinski definition) is 23. The molecular weight excluding hydrogens is 1770 g/mol. The number of aliphatic hydroxyl groups excluding tert-OH is 3. The Morgan fingerprint density at radius 3 is 0.855 bits per heavy atom. The van der Waals surface area contributed by atoms with Crippen molar-refractivity contribution < 1.29 is 109 Å². The maximum atomic E-state index is 16.5. The molecule has 3 N–H and O–H groups in total. The van der Waals surface area contributed by atoms with E-state index in [1.54, 1.807) is 0 Å². The number of carbonyl (C=O) groups is 2. The van der Waals surface area contributed by atoms with Crippen molar-refractivity contribution in [2.45, 2.75) is 376 Å². The third kappa shape index (κ3) is 40.2. The second kappa shape index (κ2) is 65.4. The smallest absolute Gasteiger partial charge is 0.462 e. The van der Waals surface area contributed by atoms with Gasteiger partial charge in [-0.05, 0) is 57.3 Å². The van der Waals surface area contributed by atoms with Crippen molar-refractivity contribution in [1.82, 2.24) is 0 Å². The molecule has 756 valence electrons. The van der Waals surface area contributed by atoms with E-state index in [4.69, 9.17) is 79.9 Å². The van der Waals surface area contributed by atoms with E-state index in [1.807, 2.05) is 243 Å². The van der Waals surface area contributed by atoms with Gasteiger partial charge in [0, 0.05) is 20.0 Å². The van der Waals surface area contributed by atoms with E-state index in [9.17, 15) is 24.9 Å². The first-order valence-corrected chi connectivity index (χ1v) is 53.0. The lowest BCUT2D eigenvalue weighted by Crippen LogP contribution is -2.70. The molecule has 2 unspecified atom stereocenters. The van der Waals surface area contributed by atoms with Gasteiger partial charge in [0.2, 0.25) is 0 Å². The van der Waals surface area contributed by atoms with Crippen LogP contribution in [0.25, 0.3) is 0 Å². The molecule has 2 saturated heterocycles. The molecule has 3 fully saturated rings. The van der Waals surface area contributed by atoms with Crippen LogP contribution in [0.3, 0.4) is 0 Å². The topological polar surface area (TPSA) is 269 Å². The number of phosphoric ester groups is 1. The van der Waals surface area contributed by atoms with Gasteiger partial charge in [-0.25, -0.2) is 4.57 Å². The van der Waals surface area contributed by atoms with Crippen LogP contribution in [0.15, 0.2) is 243 Å². The van der Waals surface area contributed by atoms with Gasteiger partial charge in [-0.15, -0.1) is 0 Å². The summed E-state index contributed by atoms with van der Waals surface area (Å²) >= 11 is 0. The van der Waals surface area contributed by atoms with Crippen molar-refractivity contribution >= 4 is 19.8 Å². The van der Waals surface area contributed by atoms with E-state index in [2.05, 4.69) is 13.8 Å². The molecule has 11 rings (SSSR count). The number of hydrogen-bond donors (Lipinski definition) is 3. The van der Waals surface area contributed by atoms with E-state index < -0.39 is 137 Å². The molecule has 0 amide bonds. The Bertz CT molecular complexity index is 4270. The summed E-state index contributed by atoms with van der Waals surface area (Å²) in [6.07, 6.45) is 8.10. The molecule has 1 saturated carbocycles. The van der Waals surface area contributed by atoms with Crippen molar-refractivity contribution in [2.75, 3.05) is 33.5 Å². The zero-order chi connectivity index (χ0) is 96.5. The molecule has 24 heteroatoms. The lowest BCUT2D eigenvalue weighted by atomic mass is 9.84. The maximum Gasteiger partial charge on any atom is 0.475 e. The average Bonchev–Trinajstić information content (AvgIpc) is 0.750. The number of benzene rings is 8. The highest BCUT2D eigenvalue weighted by atomic mass is 31.2. The third-order valence-electron chi connectivity index (χ3n) is 25.9. The average molecular weight is 1930 g/mol. The second-order valence-electron chi connectivity index (χ2n) is 37.0. The first kappa shape index (κ1) is 111. The monoisotopic (exact) mass is 1930 g/mol. The van der Waals surface area contributed by atoms with Crippen molar-refractivity contribution in [1.29, 1.82) is 0 Å². The van der Waals surface area contributed by atoms with Gasteiger partial charge in [0.15, 0.2) is 18.7 Å². The quantitative estimate of drug-likeness (QED) is 0.0182. The predicted octanol–water partition coefficient (Wildman–Crippen LogP) is 23.4. The zero-order valence-corrected chi connectivity index (χ0v) is 82.9. The van der Waals surface area contributed by atoms with Crippen LogP contribution in [0.5, 0.6) is 0 Å². The Kier molecular flexibility index (Phi) is 52.4. The standard InChI is InChI=1S/C114H157O23P/c1-4-6-8-10-12-14-16-18-20-22-24-26-28-30-56-74-99(115)124-84-96(132-100(116)75-57-31-29-27-25-23-21-19-17-15-13-11-9-7-5-2)85-131-138(120,121-3)137-110-106(135-113-111(129-82-94-70-52-38-53-71-94)108(127-80-92-66-48-36-49-67-92)104(125-78-90-62-44-34-45-63-90)97(133-113)86-122-76-88-58-40-32-41-59-88)102(118)101(117)103(119)107(110)136-114-112(130-83-95-72-54-39-55-73-95)109(128-81-93-68-50-37-51-69-93)105(126-79-91-64-46-35-47-65-91)98(134-114)87-123-77-89-60-42-33-43-61-89/h32-55,58-73,96-98,101-114,117-119H,4-31,56-57,74-87H2,1-3H3/t96-,97-,98-,101?,102-,103+,104-,105-,106-,107-,108+,109+,110?,111+,112+,113-,114-,138+/m1/s1. The molecule has 2 aliphatic heterocycles. The minimum atomic E-state index is -5.30. The highest BCUT2D eigenvalue weighted by Gasteiger charge is 2.60. The zero-order valence-electron chi connectivity index (χ0n) is 82.0. The van der Waals surface area contributed by atoms with Gasteiger partial charge in [-0.3, -0.25) is 23.2 Å². The highest BCUT2D eigenvalue weighted by molar-refractivity contribution is 7.48. The number of esters is 2. The molecule has 8 aromatic rings. The molecule has 2 heterocycles. The molecular formula is C114H157O23P. The van der Waals surface area contributed by atoms with Crippen LogP contribution < -0.4 is 0 Å². The molecule has 3 aliphatic rings. The number of phosphoric acid groups is 1.